The molecule has 0 bridgehead atoms. The van der Waals surface area contributed by atoms with Crippen molar-refractivity contribution in [2.24, 2.45) is 0 Å². The zero-order valence-electron chi connectivity index (χ0n) is 16.5. The van der Waals surface area contributed by atoms with Gasteiger partial charge in [-0.15, -0.1) is 0 Å². The van der Waals surface area contributed by atoms with Gasteiger partial charge in [0.05, 0.1) is 17.7 Å². The maximum absolute atomic E-state index is 13.3. The number of methoxy groups -OCH3 is 1. The van der Waals surface area contributed by atoms with Gasteiger partial charge in [0.1, 0.15) is 12.3 Å². The Bertz CT molecular complexity index is 1130. The summed E-state index contributed by atoms with van der Waals surface area (Å²) in [7, 11) is -2.40. The van der Waals surface area contributed by atoms with Crippen LogP contribution in [0, 0.1) is 6.92 Å². The highest BCUT2D eigenvalue weighted by atomic mass is 79.9. The summed E-state index contributed by atoms with van der Waals surface area (Å²) in [6.45, 7) is 1.50. The molecule has 6 nitrogen and oxygen atoms in total. The van der Waals surface area contributed by atoms with E-state index in [0.717, 1.165) is 9.87 Å². The van der Waals surface area contributed by atoms with Crippen LogP contribution in [0.15, 0.2) is 82.2 Å². The topological polar surface area (TPSA) is 75.7 Å². The maximum atomic E-state index is 13.3. The molecule has 0 saturated heterocycles. The number of nitrogens with one attached hydrogen (secondary N) is 1. The van der Waals surface area contributed by atoms with Crippen molar-refractivity contribution in [2.45, 2.75) is 11.8 Å². The van der Waals surface area contributed by atoms with Crippen LogP contribution in [0.2, 0.25) is 0 Å². The van der Waals surface area contributed by atoms with Crippen LogP contribution >= 0.6 is 15.9 Å². The number of hydrogen-bond donors (Lipinski definition) is 1. The van der Waals surface area contributed by atoms with Gasteiger partial charge in [0.15, 0.2) is 0 Å². The van der Waals surface area contributed by atoms with E-state index in [2.05, 4.69) is 21.2 Å². The van der Waals surface area contributed by atoms with Gasteiger partial charge in [-0.05, 0) is 61.5 Å². The number of rotatable bonds is 7. The monoisotopic (exact) mass is 488 g/mol. The number of benzene rings is 3. The Balaban J connectivity index is 1.91. The molecule has 1 amide bonds. The predicted molar refractivity (Wildman–Crippen MR) is 121 cm³/mol. The van der Waals surface area contributed by atoms with Gasteiger partial charge < -0.3 is 10.1 Å². The van der Waals surface area contributed by atoms with Crippen LogP contribution < -0.4 is 14.4 Å². The number of aryl methyl sites for hydroxylation is 1. The van der Waals surface area contributed by atoms with E-state index in [-0.39, 0.29) is 11.4 Å². The summed E-state index contributed by atoms with van der Waals surface area (Å²) >= 11 is 3.36. The van der Waals surface area contributed by atoms with Crippen molar-refractivity contribution in [1.29, 1.82) is 0 Å². The number of anilines is 2. The highest BCUT2D eigenvalue weighted by molar-refractivity contribution is 9.10. The summed E-state index contributed by atoms with van der Waals surface area (Å²) in [6, 6.07) is 20.2. The first-order valence-electron chi connectivity index (χ1n) is 9.08. The maximum Gasteiger partial charge on any atom is 0.264 e. The lowest BCUT2D eigenvalue weighted by atomic mass is 10.2. The highest BCUT2D eigenvalue weighted by Crippen LogP contribution is 2.26. The fourth-order valence-corrected chi connectivity index (χ4v) is 4.59. The molecule has 0 aliphatic rings. The standard InChI is InChI=1S/C22H21BrN2O4S/c1-16-6-12-21(13-7-16)30(27,28)25(19-5-3-4-17(23)14-19)15-22(26)24-18-8-10-20(29-2)11-9-18/h3-14H,15H2,1-2H3,(H,24,26). The van der Waals surface area contributed by atoms with Gasteiger partial charge in [0.2, 0.25) is 5.91 Å². The predicted octanol–water partition coefficient (Wildman–Crippen LogP) is 4.60. The quantitative estimate of drug-likeness (QED) is 0.527. The molecule has 8 heteroatoms. The van der Waals surface area contributed by atoms with E-state index in [1.807, 2.05) is 6.92 Å². The second-order valence-electron chi connectivity index (χ2n) is 6.58. The molecule has 0 unspecified atom stereocenters. The summed E-state index contributed by atoms with van der Waals surface area (Å²) in [5.74, 6) is 0.196. The first-order chi connectivity index (χ1) is 14.3. The summed E-state index contributed by atoms with van der Waals surface area (Å²) in [4.78, 5) is 12.8. The summed E-state index contributed by atoms with van der Waals surface area (Å²) in [5, 5.41) is 2.73. The highest BCUT2D eigenvalue weighted by Gasteiger charge is 2.27. The van der Waals surface area contributed by atoms with Gasteiger partial charge in [-0.25, -0.2) is 8.42 Å². The molecule has 0 aliphatic carbocycles. The number of halogens is 1. The third-order valence-electron chi connectivity index (χ3n) is 4.37. The van der Waals surface area contributed by atoms with Crippen molar-refractivity contribution >= 4 is 43.2 Å². The normalized spacial score (nSPS) is 11.0. The van der Waals surface area contributed by atoms with E-state index >= 15 is 0 Å². The number of amides is 1. The second kappa shape index (κ2) is 9.32. The summed E-state index contributed by atoms with van der Waals surface area (Å²) < 4.78 is 33.6. The van der Waals surface area contributed by atoms with Crippen LogP contribution in [0.25, 0.3) is 0 Å². The zero-order chi connectivity index (χ0) is 21.7. The minimum atomic E-state index is -3.95. The van der Waals surface area contributed by atoms with Crippen molar-refractivity contribution in [3.63, 3.8) is 0 Å². The van der Waals surface area contributed by atoms with E-state index in [0.29, 0.717) is 21.6 Å². The molecule has 0 aliphatic heterocycles. The minimum absolute atomic E-state index is 0.116. The number of hydrogen-bond acceptors (Lipinski definition) is 4. The molecule has 0 fully saturated rings. The summed E-state index contributed by atoms with van der Waals surface area (Å²) in [6.07, 6.45) is 0. The number of carbonyl (C=O) groups is 1. The lowest BCUT2D eigenvalue weighted by molar-refractivity contribution is -0.114. The Labute approximate surface area is 184 Å². The van der Waals surface area contributed by atoms with Crippen molar-refractivity contribution in [3.05, 3.63) is 82.8 Å². The minimum Gasteiger partial charge on any atom is -0.497 e. The molecule has 3 rings (SSSR count). The van der Waals surface area contributed by atoms with Crippen LogP contribution in [0.1, 0.15) is 5.56 Å². The van der Waals surface area contributed by atoms with Crippen molar-refractivity contribution in [1.82, 2.24) is 0 Å². The van der Waals surface area contributed by atoms with Crippen LogP contribution in [0.4, 0.5) is 11.4 Å². The first-order valence-corrected chi connectivity index (χ1v) is 11.3. The van der Waals surface area contributed by atoms with Crippen molar-refractivity contribution in [3.8, 4) is 5.75 Å². The molecule has 0 saturated carbocycles. The van der Waals surface area contributed by atoms with Gasteiger partial charge in [-0.1, -0.05) is 39.7 Å². The van der Waals surface area contributed by atoms with E-state index < -0.39 is 15.9 Å². The zero-order valence-corrected chi connectivity index (χ0v) is 18.9. The molecule has 0 spiro atoms. The fraction of sp³-hybridized carbons (Fsp3) is 0.136. The van der Waals surface area contributed by atoms with Gasteiger partial charge in [0, 0.05) is 10.2 Å². The van der Waals surface area contributed by atoms with Crippen molar-refractivity contribution in [2.75, 3.05) is 23.3 Å². The SMILES string of the molecule is COc1ccc(NC(=O)CN(c2cccc(Br)c2)S(=O)(=O)c2ccc(C)cc2)cc1. The Morgan fingerprint density at radius 2 is 1.70 bits per heavy atom. The Kier molecular flexibility index (Phi) is 6.79. The Morgan fingerprint density at radius 1 is 1.03 bits per heavy atom. The number of ether oxygens (including phenoxy) is 1. The molecule has 0 aromatic heterocycles. The average Bonchev–Trinajstić information content (AvgIpc) is 2.73. The molecule has 30 heavy (non-hydrogen) atoms. The fourth-order valence-electron chi connectivity index (χ4n) is 2.79. The largest absolute Gasteiger partial charge is 0.497 e. The molecule has 1 N–H and O–H groups in total. The third-order valence-corrected chi connectivity index (χ3v) is 6.65. The number of carbonyl (C=O) groups excluding carboxylic acids is 1. The van der Waals surface area contributed by atoms with Gasteiger partial charge in [-0.2, -0.15) is 0 Å². The van der Waals surface area contributed by atoms with Gasteiger partial charge >= 0.3 is 0 Å². The van der Waals surface area contributed by atoms with Crippen LogP contribution in [-0.4, -0.2) is 28.0 Å². The van der Waals surface area contributed by atoms with Crippen molar-refractivity contribution < 1.29 is 17.9 Å². The van der Waals surface area contributed by atoms with Crippen LogP contribution in [0.3, 0.4) is 0 Å². The van der Waals surface area contributed by atoms with Crippen LogP contribution in [-0.2, 0) is 14.8 Å². The van der Waals surface area contributed by atoms with Crippen LogP contribution in [0.5, 0.6) is 5.75 Å². The number of nitrogens with zero attached hydrogens (tertiary/aromatic N) is 1. The second-order valence-corrected chi connectivity index (χ2v) is 9.36. The molecule has 0 radical (unpaired) electrons. The lowest BCUT2D eigenvalue weighted by Crippen LogP contribution is -2.38. The molecular weight excluding hydrogens is 468 g/mol. The van der Waals surface area contributed by atoms with E-state index in [4.69, 9.17) is 4.74 Å². The Hall–Kier alpha value is -2.84. The smallest absolute Gasteiger partial charge is 0.264 e. The molecule has 156 valence electrons. The Morgan fingerprint density at radius 3 is 2.30 bits per heavy atom. The summed E-state index contributed by atoms with van der Waals surface area (Å²) in [5.41, 5.74) is 1.87. The molecule has 3 aromatic carbocycles. The van der Waals surface area contributed by atoms with E-state index in [1.54, 1.807) is 67.8 Å². The molecule has 0 atom stereocenters. The van der Waals surface area contributed by atoms with E-state index in [1.165, 1.54) is 12.1 Å². The third kappa shape index (κ3) is 5.20. The molecule has 3 aromatic rings. The first kappa shape index (κ1) is 21.9. The van der Waals surface area contributed by atoms with Gasteiger partial charge in [0.25, 0.3) is 10.0 Å². The van der Waals surface area contributed by atoms with Gasteiger partial charge in [-0.3, -0.25) is 9.10 Å². The number of sulfonamides is 1. The molecule has 0 heterocycles. The van der Waals surface area contributed by atoms with E-state index in [9.17, 15) is 13.2 Å². The average molecular weight is 489 g/mol. The molecular formula is C22H21BrN2O4S. The lowest BCUT2D eigenvalue weighted by Gasteiger charge is -2.24.